The van der Waals surface area contributed by atoms with Crippen LogP contribution in [-0.4, -0.2) is 43.4 Å². The van der Waals surface area contributed by atoms with Crippen molar-refractivity contribution in [3.8, 4) is 0 Å². The molecule has 0 radical (unpaired) electrons. The van der Waals surface area contributed by atoms with Gasteiger partial charge in [0.1, 0.15) is 17.4 Å². The van der Waals surface area contributed by atoms with Crippen molar-refractivity contribution < 1.29 is 14.3 Å². The molecule has 0 bridgehead atoms. The Morgan fingerprint density at radius 2 is 2.05 bits per heavy atom. The number of hydrogen-bond acceptors (Lipinski definition) is 5. The highest BCUT2D eigenvalue weighted by atomic mass is 16.5. The first-order chi connectivity index (χ1) is 10.5. The van der Waals surface area contributed by atoms with E-state index in [4.69, 9.17) is 19.5 Å². The second-order valence-electron chi connectivity index (χ2n) is 6.63. The fourth-order valence-corrected chi connectivity index (χ4v) is 3.67. The minimum Gasteiger partial charge on any atom is -0.483 e. The van der Waals surface area contributed by atoms with Gasteiger partial charge in [0.25, 0.3) is 0 Å². The molecule has 1 aliphatic carbocycles. The van der Waals surface area contributed by atoms with Crippen molar-refractivity contribution in [2.24, 2.45) is 21.8 Å². The van der Waals surface area contributed by atoms with Crippen LogP contribution in [0.15, 0.2) is 9.98 Å². The Labute approximate surface area is 133 Å². The van der Waals surface area contributed by atoms with Crippen LogP contribution in [0.1, 0.15) is 52.9 Å². The monoisotopic (exact) mass is 308 g/mol. The number of carbonyl (C=O) groups excluding carboxylic acids is 1. The molecule has 0 aromatic heterocycles. The van der Waals surface area contributed by atoms with Crippen LogP contribution in [-0.2, 0) is 14.3 Å². The van der Waals surface area contributed by atoms with Gasteiger partial charge in [0.2, 0.25) is 11.8 Å². The number of ether oxygens (including phenoxy) is 2. The molecule has 124 valence electrons. The Morgan fingerprint density at radius 3 is 2.50 bits per heavy atom. The summed E-state index contributed by atoms with van der Waals surface area (Å²) in [5.41, 5.74) is -0.535. The minimum atomic E-state index is -0.535. The van der Waals surface area contributed by atoms with E-state index < -0.39 is 5.54 Å². The number of aliphatic imine (C=N–C) groups is 2. The van der Waals surface area contributed by atoms with Gasteiger partial charge in [0.15, 0.2) is 0 Å². The average molecular weight is 308 g/mol. The first-order valence-electron chi connectivity index (χ1n) is 8.26. The zero-order valence-corrected chi connectivity index (χ0v) is 14.4. The third-order valence-electron chi connectivity index (χ3n) is 4.78. The number of Topliss-reactive ketones (excluding diaryl/α,β-unsaturated/α-hetero) is 1. The Morgan fingerprint density at radius 1 is 1.32 bits per heavy atom. The van der Waals surface area contributed by atoms with E-state index in [0.717, 1.165) is 19.3 Å². The Hall–Kier alpha value is -1.39. The fraction of sp³-hybridized carbons (Fsp3) is 0.824. The Bertz CT molecular complexity index is 484. The normalized spacial score (nSPS) is 32.0. The van der Waals surface area contributed by atoms with Gasteiger partial charge >= 0.3 is 0 Å². The van der Waals surface area contributed by atoms with Crippen LogP contribution < -0.4 is 0 Å². The Kier molecular flexibility index (Phi) is 5.24. The van der Waals surface area contributed by atoms with E-state index in [-0.39, 0.29) is 17.9 Å². The lowest BCUT2D eigenvalue weighted by atomic mass is 9.78. The van der Waals surface area contributed by atoms with Crippen molar-refractivity contribution in [3.05, 3.63) is 0 Å². The summed E-state index contributed by atoms with van der Waals surface area (Å²) in [5, 5.41) is 0. The van der Waals surface area contributed by atoms with E-state index in [2.05, 4.69) is 20.8 Å². The molecule has 1 fully saturated rings. The molecule has 1 saturated carbocycles. The van der Waals surface area contributed by atoms with E-state index >= 15 is 0 Å². The zero-order chi connectivity index (χ0) is 16.3. The SMILES string of the molecule is CCC[C@]1([C@H]2CCC(=O)C2)N=C(OC)[C@@H](C(C)C)N=C1OC. The van der Waals surface area contributed by atoms with Crippen molar-refractivity contribution in [1.29, 1.82) is 0 Å². The minimum absolute atomic E-state index is 0.109. The van der Waals surface area contributed by atoms with E-state index in [9.17, 15) is 4.79 Å². The lowest BCUT2D eigenvalue weighted by Crippen LogP contribution is -2.50. The van der Waals surface area contributed by atoms with Crippen LogP contribution >= 0.6 is 0 Å². The number of nitrogens with zero attached hydrogens (tertiary/aromatic N) is 2. The van der Waals surface area contributed by atoms with Gasteiger partial charge in [-0.05, 0) is 18.8 Å². The van der Waals surface area contributed by atoms with Crippen molar-refractivity contribution in [1.82, 2.24) is 0 Å². The maximum atomic E-state index is 11.8. The fourth-order valence-electron chi connectivity index (χ4n) is 3.67. The van der Waals surface area contributed by atoms with Crippen molar-refractivity contribution in [3.63, 3.8) is 0 Å². The third-order valence-corrected chi connectivity index (χ3v) is 4.78. The molecule has 0 saturated heterocycles. The number of rotatable bonds is 4. The van der Waals surface area contributed by atoms with Gasteiger partial charge in [-0.2, -0.15) is 0 Å². The highest BCUT2D eigenvalue weighted by molar-refractivity contribution is 5.98. The second kappa shape index (κ2) is 6.80. The lowest BCUT2D eigenvalue weighted by molar-refractivity contribution is -0.117. The molecule has 0 N–H and O–H groups in total. The molecule has 3 atom stereocenters. The van der Waals surface area contributed by atoms with Gasteiger partial charge < -0.3 is 9.47 Å². The lowest BCUT2D eigenvalue weighted by Gasteiger charge is -2.39. The standard InChI is InChI=1S/C17H28N2O3/c1-6-9-17(12-7-8-13(20)10-12)16(22-5)18-14(11(2)3)15(19-17)21-4/h11-12,14H,6-10H2,1-5H3/t12-,14+,17+/m0/s1. The van der Waals surface area contributed by atoms with E-state index in [1.165, 1.54) is 0 Å². The molecule has 0 amide bonds. The Balaban J connectivity index is 2.47. The summed E-state index contributed by atoms with van der Waals surface area (Å²) < 4.78 is 11.2. The van der Waals surface area contributed by atoms with Crippen molar-refractivity contribution >= 4 is 17.6 Å². The summed E-state index contributed by atoms with van der Waals surface area (Å²) in [5.74, 6) is 2.11. The predicted molar refractivity (Wildman–Crippen MR) is 87.5 cm³/mol. The molecule has 5 nitrogen and oxygen atoms in total. The third kappa shape index (κ3) is 2.90. The molecule has 0 unspecified atom stereocenters. The molecule has 0 spiro atoms. The highest BCUT2D eigenvalue weighted by Gasteiger charge is 2.50. The van der Waals surface area contributed by atoms with Crippen LogP contribution in [0.2, 0.25) is 0 Å². The zero-order valence-electron chi connectivity index (χ0n) is 14.4. The summed E-state index contributed by atoms with van der Waals surface area (Å²) in [4.78, 5) is 21.6. The molecular formula is C17H28N2O3. The first kappa shape index (κ1) is 17.0. The molecule has 5 heteroatoms. The molecule has 22 heavy (non-hydrogen) atoms. The summed E-state index contributed by atoms with van der Waals surface area (Å²) in [6.45, 7) is 6.33. The summed E-state index contributed by atoms with van der Waals surface area (Å²) >= 11 is 0. The highest BCUT2D eigenvalue weighted by Crippen LogP contribution is 2.42. The molecular weight excluding hydrogens is 280 g/mol. The maximum absolute atomic E-state index is 11.8. The number of ketones is 1. The van der Waals surface area contributed by atoms with Crippen LogP contribution in [0.4, 0.5) is 0 Å². The van der Waals surface area contributed by atoms with Gasteiger partial charge in [-0.25, -0.2) is 9.98 Å². The van der Waals surface area contributed by atoms with Crippen LogP contribution in [0.25, 0.3) is 0 Å². The molecule has 0 aromatic carbocycles. The van der Waals surface area contributed by atoms with Gasteiger partial charge in [0, 0.05) is 18.8 Å². The summed E-state index contributed by atoms with van der Waals surface area (Å²) in [6.07, 6.45) is 3.84. The van der Waals surface area contributed by atoms with Gasteiger partial charge in [-0.15, -0.1) is 0 Å². The maximum Gasteiger partial charge on any atom is 0.213 e. The van der Waals surface area contributed by atoms with Crippen LogP contribution in [0.3, 0.4) is 0 Å². The van der Waals surface area contributed by atoms with E-state index in [0.29, 0.717) is 30.4 Å². The number of carbonyl (C=O) groups is 1. The van der Waals surface area contributed by atoms with Crippen LogP contribution in [0, 0.1) is 11.8 Å². The quantitative estimate of drug-likeness (QED) is 0.802. The van der Waals surface area contributed by atoms with Crippen molar-refractivity contribution in [2.75, 3.05) is 14.2 Å². The molecule has 2 aliphatic rings. The number of methoxy groups -OCH3 is 2. The summed E-state index contributed by atoms with van der Waals surface area (Å²) in [7, 11) is 3.31. The van der Waals surface area contributed by atoms with E-state index in [1.807, 2.05) is 0 Å². The smallest absolute Gasteiger partial charge is 0.213 e. The molecule has 0 aromatic rings. The topological polar surface area (TPSA) is 60.2 Å². The van der Waals surface area contributed by atoms with Crippen LogP contribution in [0.5, 0.6) is 0 Å². The first-order valence-corrected chi connectivity index (χ1v) is 8.26. The van der Waals surface area contributed by atoms with Crippen molar-refractivity contribution in [2.45, 2.75) is 64.5 Å². The van der Waals surface area contributed by atoms with Gasteiger partial charge in [-0.1, -0.05) is 27.2 Å². The largest absolute Gasteiger partial charge is 0.483 e. The summed E-state index contributed by atoms with van der Waals surface area (Å²) in [6, 6.07) is -0.109. The molecule has 1 heterocycles. The number of hydrogen-bond donors (Lipinski definition) is 0. The second-order valence-corrected chi connectivity index (χ2v) is 6.63. The predicted octanol–water partition coefficient (Wildman–Crippen LogP) is 3.02. The van der Waals surface area contributed by atoms with Gasteiger partial charge in [-0.3, -0.25) is 4.79 Å². The van der Waals surface area contributed by atoms with E-state index in [1.54, 1.807) is 14.2 Å². The average Bonchev–Trinajstić information content (AvgIpc) is 2.93. The van der Waals surface area contributed by atoms with Gasteiger partial charge in [0.05, 0.1) is 14.2 Å². The molecule has 2 rings (SSSR count). The molecule has 1 aliphatic heterocycles.